The van der Waals surface area contributed by atoms with Crippen molar-refractivity contribution in [3.63, 3.8) is 0 Å². The van der Waals surface area contributed by atoms with Crippen molar-refractivity contribution in [1.82, 2.24) is 0 Å². The van der Waals surface area contributed by atoms with Crippen LogP contribution in [0.2, 0.25) is 0 Å². The molecule has 0 saturated heterocycles. The van der Waals surface area contributed by atoms with Gasteiger partial charge >= 0.3 is 0 Å². The number of halogens is 3. The summed E-state index contributed by atoms with van der Waals surface area (Å²) in [6.07, 6.45) is 0. The molecule has 0 atom stereocenters. The van der Waals surface area contributed by atoms with Gasteiger partial charge in [-0.15, -0.1) is 0 Å². The van der Waals surface area contributed by atoms with E-state index in [2.05, 4.69) is 0 Å². The fraction of sp³-hybridized carbons (Fsp3) is 0.143. The van der Waals surface area contributed by atoms with E-state index in [-0.39, 0.29) is 20.7 Å². The first-order valence-electron chi connectivity index (χ1n) is 2.98. The summed E-state index contributed by atoms with van der Waals surface area (Å²) in [7, 11) is 0. The average molecular weight is 225 g/mol. The van der Waals surface area contributed by atoms with Crippen LogP contribution >= 0.6 is 34.8 Å². The predicted molar refractivity (Wildman–Crippen MR) is 47.3 cm³/mol. The molecular formula is C7H3Cl3O2. The molecular weight excluding hydrogens is 222 g/mol. The molecule has 0 fully saturated rings. The molecule has 5 heteroatoms. The minimum Gasteiger partial charge on any atom is -0.288 e. The molecule has 0 aromatic rings. The third kappa shape index (κ3) is 1.30. The van der Waals surface area contributed by atoms with Gasteiger partial charge in [-0.05, 0) is 6.92 Å². The van der Waals surface area contributed by atoms with Crippen LogP contribution in [-0.4, -0.2) is 11.6 Å². The lowest BCUT2D eigenvalue weighted by Gasteiger charge is -2.10. The molecule has 0 aromatic carbocycles. The third-order valence-electron chi connectivity index (χ3n) is 1.46. The quantitative estimate of drug-likeness (QED) is 0.593. The van der Waals surface area contributed by atoms with E-state index in [0.717, 1.165) is 0 Å². The second kappa shape index (κ2) is 3.21. The lowest BCUT2D eigenvalue weighted by molar-refractivity contribution is -0.115. The lowest BCUT2D eigenvalue weighted by Crippen LogP contribution is -2.15. The number of ketones is 2. The van der Waals surface area contributed by atoms with E-state index in [1.165, 1.54) is 6.92 Å². The highest BCUT2D eigenvalue weighted by Gasteiger charge is 2.29. The van der Waals surface area contributed by atoms with Crippen LogP contribution in [0.3, 0.4) is 0 Å². The van der Waals surface area contributed by atoms with Crippen LogP contribution in [0.15, 0.2) is 20.7 Å². The van der Waals surface area contributed by atoms with Gasteiger partial charge in [0.25, 0.3) is 0 Å². The Labute approximate surface area is 83.8 Å². The van der Waals surface area contributed by atoms with Crippen molar-refractivity contribution in [3.8, 4) is 0 Å². The number of rotatable bonds is 0. The van der Waals surface area contributed by atoms with Crippen LogP contribution in [0, 0.1) is 0 Å². The van der Waals surface area contributed by atoms with E-state index in [1.807, 2.05) is 0 Å². The van der Waals surface area contributed by atoms with Crippen LogP contribution in [-0.2, 0) is 9.59 Å². The molecule has 64 valence electrons. The van der Waals surface area contributed by atoms with E-state index in [9.17, 15) is 9.59 Å². The maximum Gasteiger partial charge on any atom is 0.217 e. The van der Waals surface area contributed by atoms with E-state index in [1.54, 1.807) is 0 Å². The second-order valence-electron chi connectivity index (χ2n) is 2.23. The van der Waals surface area contributed by atoms with Gasteiger partial charge in [-0.2, -0.15) is 0 Å². The number of allylic oxidation sites excluding steroid dienone is 4. The molecule has 0 aromatic heterocycles. The molecule has 2 nitrogen and oxygen atoms in total. The Morgan fingerprint density at radius 2 is 1.25 bits per heavy atom. The molecule has 0 spiro atoms. The van der Waals surface area contributed by atoms with E-state index in [0.29, 0.717) is 0 Å². The molecule has 0 aliphatic heterocycles. The van der Waals surface area contributed by atoms with Gasteiger partial charge in [-0.3, -0.25) is 9.59 Å². The first-order valence-corrected chi connectivity index (χ1v) is 4.11. The van der Waals surface area contributed by atoms with Crippen molar-refractivity contribution >= 4 is 46.4 Å². The zero-order valence-electron chi connectivity index (χ0n) is 5.95. The maximum atomic E-state index is 11.1. The van der Waals surface area contributed by atoms with Crippen molar-refractivity contribution in [1.29, 1.82) is 0 Å². The van der Waals surface area contributed by atoms with Gasteiger partial charge in [0, 0.05) is 5.57 Å². The molecule has 0 N–H and O–H groups in total. The van der Waals surface area contributed by atoms with Crippen LogP contribution < -0.4 is 0 Å². The Kier molecular flexibility index (Phi) is 2.61. The number of carbonyl (C=O) groups is 2. The van der Waals surface area contributed by atoms with Gasteiger partial charge in [0.2, 0.25) is 11.6 Å². The number of hydrogen-bond acceptors (Lipinski definition) is 2. The van der Waals surface area contributed by atoms with Gasteiger partial charge in [0.05, 0.1) is 5.03 Å². The summed E-state index contributed by atoms with van der Waals surface area (Å²) in [5.41, 5.74) is 0.135. The molecule has 1 rings (SSSR count). The predicted octanol–water partition coefficient (Wildman–Crippen LogP) is 2.34. The standard InChI is InChI=1S/C7H3Cl3O2/c1-2-3(8)7(12)5(10)4(9)6(2)11/h1H3. The molecule has 0 heterocycles. The first kappa shape index (κ1) is 9.78. The third-order valence-corrected chi connectivity index (χ3v) is 2.73. The topological polar surface area (TPSA) is 34.1 Å². The van der Waals surface area contributed by atoms with Crippen LogP contribution in [0.4, 0.5) is 0 Å². The lowest BCUT2D eigenvalue weighted by atomic mass is 10.1. The van der Waals surface area contributed by atoms with Gasteiger partial charge in [0.15, 0.2) is 0 Å². The fourth-order valence-electron chi connectivity index (χ4n) is 0.730. The highest BCUT2D eigenvalue weighted by molar-refractivity contribution is 6.64. The van der Waals surface area contributed by atoms with E-state index in [4.69, 9.17) is 34.8 Å². The Bertz CT molecular complexity index is 277. The van der Waals surface area contributed by atoms with Gasteiger partial charge in [0.1, 0.15) is 10.1 Å². The molecule has 0 unspecified atom stereocenters. The highest BCUT2D eigenvalue weighted by atomic mass is 35.5. The van der Waals surface area contributed by atoms with Crippen LogP contribution in [0.1, 0.15) is 6.92 Å². The van der Waals surface area contributed by atoms with Gasteiger partial charge in [-0.1, -0.05) is 34.8 Å². The van der Waals surface area contributed by atoms with Crippen LogP contribution in [0.5, 0.6) is 0 Å². The Balaban J connectivity index is 3.32. The number of carbonyl (C=O) groups excluding carboxylic acids is 2. The van der Waals surface area contributed by atoms with Crippen molar-refractivity contribution < 1.29 is 9.59 Å². The minimum atomic E-state index is -0.597. The largest absolute Gasteiger partial charge is 0.288 e. The highest BCUT2D eigenvalue weighted by Crippen LogP contribution is 2.30. The molecule has 1 aliphatic rings. The summed E-state index contributed by atoms with van der Waals surface area (Å²) >= 11 is 16.4. The summed E-state index contributed by atoms with van der Waals surface area (Å²) in [6.45, 7) is 1.42. The number of hydrogen-bond donors (Lipinski definition) is 0. The summed E-state index contributed by atoms with van der Waals surface area (Å²) < 4.78 is 0. The maximum absolute atomic E-state index is 11.1. The first-order chi connectivity index (χ1) is 5.46. The summed E-state index contributed by atoms with van der Waals surface area (Å²) in [6, 6.07) is 0. The van der Waals surface area contributed by atoms with E-state index >= 15 is 0 Å². The molecule has 0 saturated carbocycles. The summed E-state index contributed by atoms with van der Waals surface area (Å²) in [5, 5.41) is -0.727. The van der Waals surface area contributed by atoms with Crippen molar-refractivity contribution in [2.75, 3.05) is 0 Å². The Morgan fingerprint density at radius 1 is 0.833 bits per heavy atom. The summed E-state index contributed by atoms with van der Waals surface area (Å²) in [4.78, 5) is 22.2. The molecule has 1 aliphatic carbocycles. The fourth-order valence-corrected chi connectivity index (χ4v) is 1.37. The van der Waals surface area contributed by atoms with Gasteiger partial charge < -0.3 is 0 Å². The molecule has 12 heavy (non-hydrogen) atoms. The van der Waals surface area contributed by atoms with E-state index < -0.39 is 11.6 Å². The summed E-state index contributed by atoms with van der Waals surface area (Å²) in [5.74, 6) is -1.09. The second-order valence-corrected chi connectivity index (χ2v) is 3.36. The zero-order valence-corrected chi connectivity index (χ0v) is 8.22. The SMILES string of the molecule is CC1=C(Cl)C(=O)C(Cl)=C(Cl)C1=O. The number of Topliss-reactive ketones (excluding diaryl/α,β-unsaturated/α-hetero) is 2. The average Bonchev–Trinajstić information content (AvgIpc) is 2.08. The Hall–Kier alpha value is -0.310. The van der Waals surface area contributed by atoms with Crippen molar-refractivity contribution in [3.05, 3.63) is 20.7 Å². The van der Waals surface area contributed by atoms with Crippen molar-refractivity contribution in [2.24, 2.45) is 0 Å². The Morgan fingerprint density at radius 3 is 1.75 bits per heavy atom. The molecule has 0 radical (unpaired) electrons. The minimum absolute atomic E-state index is 0.135. The normalized spacial score (nSPS) is 19.3. The molecule has 0 bridgehead atoms. The monoisotopic (exact) mass is 224 g/mol. The van der Waals surface area contributed by atoms with Crippen LogP contribution in [0.25, 0.3) is 0 Å². The van der Waals surface area contributed by atoms with Crippen molar-refractivity contribution in [2.45, 2.75) is 6.92 Å². The van der Waals surface area contributed by atoms with Gasteiger partial charge in [-0.25, -0.2) is 0 Å². The smallest absolute Gasteiger partial charge is 0.217 e. The molecule has 0 amide bonds. The zero-order chi connectivity index (χ0) is 9.46.